The summed E-state index contributed by atoms with van der Waals surface area (Å²) in [5, 5.41) is 1.89. The van der Waals surface area contributed by atoms with Gasteiger partial charge in [-0.1, -0.05) is 0 Å². The maximum atomic E-state index is 12.3. The second-order valence-electron chi connectivity index (χ2n) is 3.62. The molecule has 17 heavy (non-hydrogen) atoms. The number of alkyl halides is 3. The van der Waals surface area contributed by atoms with Crippen LogP contribution in [0.15, 0.2) is 0 Å². The summed E-state index contributed by atoms with van der Waals surface area (Å²) >= 11 is 0. The first-order valence-electron chi connectivity index (χ1n) is 4.46. The molecule has 0 aliphatic heterocycles. The standard InChI is InChI=1S/C7H14F3N3O3S/c1-6(11,7(8,9)10)5(14)12-3-4-13-17(2,15)16/h13H,3-4,11H2,1-2H3,(H,12,14). The van der Waals surface area contributed by atoms with Gasteiger partial charge in [0.2, 0.25) is 15.9 Å². The number of hydrogen-bond donors (Lipinski definition) is 3. The number of hydrogen-bond acceptors (Lipinski definition) is 4. The van der Waals surface area contributed by atoms with E-state index < -0.39 is 27.6 Å². The summed E-state index contributed by atoms with van der Waals surface area (Å²) in [6, 6.07) is 0. The Hall–Kier alpha value is -0.870. The van der Waals surface area contributed by atoms with E-state index in [0.29, 0.717) is 6.92 Å². The molecule has 0 aliphatic carbocycles. The van der Waals surface area contributed by atoms with Crippen molar-refractivity contribution in [1.82, 2.24) is 10.0 Å². The van der Waals surface area contributed by atoms with E-state index in [9.17, 15) is 26.4 Å². The number of nitrogens with two attached hydrogens (primary N) is 1. The van der Waals surface area contributed by atoms with E-state index in [1.165, 1.54) is 0 Å². The van der Waals surface area contributed by atoms with Crippen LogP contribution in [0.2, 0.25) is 0 Å². The lowest BCUT2D eigenvalue weighted by Gasteiger charge is -2.26. The highest BCUT2D eigenvalue weighted by Gasteiger charge is 2.53. The topological polar surface area (TPSA) is 101 Å². The average Bonchev–Trinajstić information content (AvgIpc) is 2.08. The van der Waals surface area contributed by atoms with Crippen LogP contribution in [0.1, 0.15) is 6.92 Å². The van der Waals surface area contributed by atoms with E-state index >= 15 is 0 Å². The Balaban J connectivity index is 4.21. The van der Waals surface area contributed by atoms with Crippen LogP contribution in [0.25, 0.3) is 0 Å². The van der Waals surface area contributed by atoms with Crippen LogP contribution in [-0.2, 0) is 14.8 Å². The van der Waals surface area contributed by atoms with Crippen molar-refractivity contribution < 1.29 is 26.4 Å². The molecular formula is C7H14F3N3O3S. The van der Waals surface area contributed by atoms with Gasteiger partial charge < -0.3 is 11.1 Å². The lowest BCUT2D eigenvalue weighted by atomic mass is 10.0. The summed E-state index contributed by atoms with van der Waals surface area (Å²) in [6.07, 6.45) is -3.99. The smallest absolute Gasteiger partial charge is 0.353 e. The number of amides is 1. The zero-order chi connectivity index (χ0) is 13.9. The first-order valence-corrected chi connectivity index (χ1v) is 6.35. The van der Waals surface area contributed by atoms with Crippen LogP contribution in [-0.4, -0.2) is 45.4 Å². The number of sulfonamides is 1. The molecule has 0 aromatic carbocycles. The van der Waals surface area contributed by atoms with E-state index in [-0.39, 0.29) is 13.1 Å². The number of carbonyl (C=O) groups excluding carboxylic acids is 1. The third kappa shape index (κ3) is 5.33. The minimum atomic E-state index is -4.87. The predicted octanol–water partition coefficient (Wildman–Crippen LogP) is -1.07. The van der Waals surface area contributed by atoms with E-state index in [4.69, 9.17) is 5.73 Å². The first-order chi connectivity index (χ1) is 7.38. The molecule has 6 nitrogen and oxygen atoms in total. The molecule has 0 aromatic heterocycles. The molecule has 0 bridgehead atoms. The summed E-state index contributed by atoms with van der Waals surface area (Å²) in [5.74, 6) is -1.42. The highest BCUT2D eigenvalue weighted by atomic mass is 32.2. The van der Waals surface area contributed by atoms with Crippen molar-refractivity contribution in [3.63, 3.8) is 0 Å². The maximum Gasteiger partial charge on any atom is 0.415 e. The second kappa shape index (κ2) is 5.19. The van der Waals surface area contributed by atoms with Crippen molar-refractivity contribution >= 4 is 15.9 Å². The Morgan fingerprint density at radius 1 is 1.29 bits per heavy atom. The zero-order valence-electron chi connectivity index (χ0n) is 9.26. The van der Waals surface area contributed by atoms with Crippen LogP contribution in [0.4, 0.5) is 13.2 Å². The van der Waals surface area contributed by atoms with Crippen LogP contribution in [0.3, 0.4) is 0 Å². The zero-order valence-corrected chi connectivity index (χ0v) is 10.1. The van der Waals surface area contributed by atoms with Crippen LogP contribution in [0.5, 0.6) is 0 Å². The van der Waals surface area contributed by atoms with Gasteiger partial charge in [-0.3, -0.25) is 4.79 Å². The lowest BCUT2D eigenvalue weighted by molar-refractivity contribution is -0.187. The highest BCUT2D eigenvalue weighted by Crippen LogP contribution is 2.27. The van der Waals surface area contributed by atoms with Crippen molar-refractivity contribution in [3.05, 3.63) is 0 Å². The van der Waals surface area contributed by atoms with Gasteiger partial charge in [0, 0.05) is 13.1 Å². The van der Waals surface area contributed by atoms with Crippen molar-refractivity contribution in [1.29, 1.82) is 0 Å². The molecule has 0 spiro atoms. The van der Waals surface area contributed by atoms with Gasteiger partial charge in [0.25, 0.3) is 0 Å². The van der Waals surface area contributed by atoms with Gasteiger partial charge in [-0.25, -0.2) is 13.1 Å². The van der Waals surface area contributed by atoms with Crippen molar-refractivity contribution in [3.8, 4) is 0 Å². The SMILES string of the molecule is CC(N)(C(=O)NCCNS(C)(=O)=O)C(F)(F)F. The maximum absolute atomic E-state index is 12.3. The number of nitrogens with one attached hydrogen (secondary N) is 2. The Kier molecular flexibility index (Phi) is 4.92. The molecular weight excluding hydrogens is 263 g/mol. The Labute approximate surface area is 96.8 Å². The second-order valence-corrected chi connectivity index (χ2v) is 5.46. The Bertz CT molecular complexity index is 378. The highest BCUT2D eigenvalue weighted by molar-refractivity contribution is 7.88. The summed E-state index contributed by atoms with van der Waals surface area (Å²) in [4.78, 5) is 11.1. The average molecular weight is 277 g/mol. The third-order valence-electron chi connectivity index (χ3n) is 1.84. The van der Waals surface area contributed by atoms with Gasteiger partial charge in [0.05, 0.1) is 6.26 Å². The summed E-state index contributed by atoms with van der Waals surface area (Å²) < 4.78 is 60.1. The fourth-order valence-corrected chi connectivity index (χ4v) is 1.20. The number of carbonyl (C=O) groups is 1. The fraction of sp³-hybridized carbons (Fsp3) is 0.857. The predicted molar refractivity (Wildman–Crippen MR) is 54.5 cm³/mol. The van der Waals surface area contributed by atoms with E-state index in [0.717, 1.165) is 6.26 Å². The molecule has 0 saturated carbocycles. The Morgan fingerprint density at radius 3 is 2.12 bits per heavy atom. The molecule has 10 heteroatoms. The van der Waals surface area contributed by atoms with E-state index in [2.05, 4.69) is 0 Å². The summed E-state index contributed by atoms with van der Waals surface area (Å²) in [6.45, 7) is 0.0413. The molecule has 1 atom stereocenters. The third-order valence-corrected chi connectivity index (χ3v) is 2.56. The van der Waals surface area contributed by atoms with Gasteiger partial charge >= 0.3 is 6.18 Å². The molecule has 0 rings (SSSR count). The minimum absolute atomic E-state index is 0.210. The Morgan fingerprint density at radius 2 is 1.76 bits per heavy atom. The van der Waals surface area contributed by atoms with Crippen LogP contribution in [0, 0.1) is 0 Å². The fourth-order valence-electron chi connectivity index (χ4n) is 0.725. The lowest BCUT2D eigenvalue weighted by Crippen LogP contribution is -2.61. The molecule has 0 aromatic rings. The van der Waals surface area contributed by atoms with Gasteiger partial charge in [-0.05, 0) is 6.92 Å². The molecule has 1 amide bonds. The summed E-state index contributed by atoms with van der Waals surface area (Å²) in [5.41, 5.74) is 1.83. The summed E-state index contributed by atoms with van der Waals surface area (Å²) in [7, 11) is -3.44. The van der Waals surface area contributed by atoms with Gasteiger partial charge in [0.1, 0.15) is 0 Å². The molecule has 4 N–H and O–H groups in total. The normalized spacial score (nSPS) is 16.4. The first kappa shape index (κ1) is 16.1. The van der Waals surface area contributed by atoms with Gasteiger partial charge in [0.15, 0.2) is 5.54 Å². The number of rotatable bonds is 5. The largest absolute Gasteiger partial charge is 0.415 e. The minimum Gasteiger partial charge on any atom is -0.353 e. The molecule has 0 saturated heterocycles. The van der Waals surface area contributed by atoms with E-state index in [1.54, 1.807) is 0 Å². The van der Waals surface area contributed by atoms with Crippen molar-refractivity contribution in [2.24, 2.45) is 5.73 Å². The number of halogens is 3. The molecule has 102 valence electrons. The van der Waals surface area contributed by atoms with Gasteiger partial charge in [-0.15, -0.1) is 0 Å². The molecule has 0 fully saturated rings. The molecule has 0 aliphatic rings. The van der Waals surface area contributed by atoms with Gasteiger partial charge in [-0.2, -0.15) is 13.2 Å². The van der Waals surface area contributed by atoms with Crippen molar-refractivity contribution in [2.75, 3.05) is 19.3 Å². The van der Waals surface area contributed by atoms with Crippen LogP contribution >= 0.6 is 0 Å². The van der Waals surface area contributed by atoms with Crippen molar-refractivity contribution in [2.45, 2.75) is 18.6 Å². The van der Waals surface area contributed by atoms with Crippen LogP contribution < -0.4 is 15.8 Å². The molecule has 0 heterocycles. The monoisotopic (exact) mass is 277 g/mol. The molecule has 1 unspecified atom stereocenters. The van der Waals surface area contributed by atoms with E-state index in [1.807, 2.05) is 10.0 Å². The quantitative estimate of drug-likeness (QED) is 0.557. The molecule has 0 radical (unpaired) electrons.